The topological polar surface area (TPSA) is 60.9 Å². The van der Waals surface area contributed by atoms with Crippen LogP contribution in [-0.2, 0) is 4.79 Å². The molecule has 2 aromatic carbocycles. The van der Waals surface area contributed by atoms with Crippen LogP contribution in [0.2, 0.25) is 0 Å². The minimum Gasteiger partial charge on any atom is -0.475 e. The fraction of sp³-hybridized carbons (Fsp3) is 0.417. The Balaban J connectivity index is 0.000000383. The van der Waals surface area contributed by atoms with E-state index in [-0.39, 0.29) is 11.7 Å². The van der Waals surface area contributed by atoms with Crippen molar-refractivity contribution in [2.75, 3.05) is 26.2 Å². The van der Waals surface area contributed by atoms with Crippen molar-refractivity contribution < 1.29 is 32.3 Å². The quantitative estimate of drug-likeness (QED) is 0.656. The lowest BCUT2D eigenvalue weighted by Crippen LogP contribution is -2.42. The first-order chi connectivity index (χ1) is 15.7. The van der Waals surface area contributed by atoms with Crippen LogP contribution in [0.25, 0.3) is 11.1 Å². The maximum Gasteiger partial charge on any atom is 0.490 e. The van der Waals surface area contributed by atoms with E-state index in [1.54, 1.807) is 12.1 Å². The van der Waals surface area contributed by atoms with Gasteiger partial charge in [0.1, 0.15) is 5.82 Å². The minimum absolute atomic E-state index is 0.104. The molecular weight excluding hydrogens is 440 g/mol. The van der Waals surface area contributed by atoms with Crippen molar-refractivity contribution in [2.24, 2.45) is 0 Å². The van der Waals surface area contributed by atoms with Gasteiger partial charge in [0, 0.05) is 30.3 Å². The van der Waals surface area contributed by atoms with Crippen molar-refractivity contribution in [1.29, 1.82) is 0 Å². The molecule has 2 aromatic rings. The molecule has 2 fully saturated rings. The highest BCUT2D eigenvalue weighted by Crippen LogP contribution is 2.26. The third kappa shape index (κ3) is 6.54. The third-order valence-electron chi connectivity index (χ3n) is 5.86. The Morgan fingerprint density at radius 1 is 0.939 bits per heavy atom. The number of halogens is 4. The van der Waals surface area contributed by atoms with Crippen LogP contribution >= 0.6 is 0 Å². The summed E-state index contributed by atoms with van der Waals surface area (Å²) in [7, 11) is 0. The van der Waals surface area contributed by atoms with Gasteiger partial charge in [0.25, 0.3) is 5.91 Å². The van der Waals surface area contributed by atoms with E-state index in [0.29, 0.717) is 17.2 Å². The predicted molar refractivity (Wildman–Crippen MR) is 115 cm³/mol. The van der Waals surface area contributed by atoms with Crippen molar-refractivity contribution in [1.82, 2.24) is 9.80 Å². The Kier molecular flexibility index (Phi) is 8.07. The molecule has 1 amide bonds. The number of benzene rings is 2. The Bertz CT molecular complexity index is 957. The zero-order chi connectivity index (χ0) is 24.0. The fourth-order valence-corrected chi connectivity index (χ4v) is 4.21. The Morgan fingerprint density at radius 2 is 1.55 bits per heavy atom. The van der Waals surface area contributed by atoms with E-state index in [9.17, 15) is 22.4 Å². The molecule has 0 radical (unpaired) electrons. The molecule has 9 heteroatoms. The molecular formula is C24H26F4N2O3. The summed E-state index contributed by atoms with van der Waals surface area (Å²) in [4.78, 5) is 26.4. The van der Waals surface area contributed by atoms with E-state index in [2.05, 4.69) is 4.90 Å². The number of carboxylic acid groups (broad SMARTS) is 1. The molecule has 2 saturated heterocycles. The fourth-order valence-electron chi connectivity index (χ4n) is 4.21. The summed E-state index contributed by atoms with van der Waals surface area (Å²) < 4.78 is 45.7. The van der Waals surface area contributed by atoms with Gasteiger partial charge in [-0.15, -0.1) is 0 Å². The van der Waals surface area contributed by atoms with Gasteiger partial charge in [-0.05, 0) is 62.5 Å². The van der Waals surface area contributed by atoms with Gasteiger partial charge < -0.3 is 14.9 Å². The van der Waals surface area contributed by atoms with E-state index in [0.717, 1.165) is 44.6 Å². The van der Waals surface area contributed by atoms with Crippen molar-refractivity contribution >= 4 is 11.9 Å². The highest BCUT2D eigenvalue weighted by molar-refractivity contribution is 5.95. The highest BCUT2D eigenvalue weighted by Gasteiger charge is 2.38. The lowest BCUT2D eigenvalue weighted by Gasteiger charge is -2.28. The first kappa shape index (κ1) is 24.7. The summed E-state index contributed by atoms with van der Waals surface area (Å²) in [6, 6.07) is 14.4. The molecule has 0 saturated carbocycles. The number of alkyl halides is 3. The average molecular weight is 466 g/mol. The van der Waals surface area contributed by atoms with Crippen LogP contribution in [0.4, 0.5) is 17.6 Å². The van der Waals surface area contributed by atoms with Crippen LogP contribution in [0.5, 0.6) is 0 Å². The number of nitrogens with zero attached hydrogens (tertiary/aromatic N) is 2. The number of amides is 1. The smallest absolute Gasteiger partial charge is 0.475 e. The molecule has 0 spiro atoms. The van der Waals surface area contributed by atoms with E-state index in [1.807, 2.05) is 35.2 Å². The largest absolute Gasteiger partial charge is 0.490 e. The van der Waals surface area contributed by atoms with E-state index >= 15 is 0 Å². The van der Waals surface area contributed by atoms with Gasteiger partial charge in [-0.1, -0.05) is 30.3 Å². The molecule has 1 N–H and O–H groups in total. The number of hydrogen-bond donors (Lipinski definition) is 1. The summed E-state index contributed by atoms with van der Waals surface area (Å²) in [6.45, 7) is 4.16. The van der Waals surface area contributed by atoms with Crippen molar-refractivity contribution in [3.63, 3.8) is 0 Å². The third-order valence-corrected chi connectivity index (χ3v) is 5.86. The number of likely N-dealkylation sites (tertiary alicyclic amines) is 2. The van der Waals surface area contributed by atoms with Gasteiger partial charge in [0.05, 0.1) is 0 Å². The van der Waals surface area contributed by atoms with Crippen molar-refractivity contribution in [3.8, 4) is 11.1 Å². The second-order valence-corrected chi connectivity index (χ2v) is 8.16. The van der Waals surface area contributed by atoms with Gasteiger partial charge in [-0.3, -0.25) is 4.79 Å². The lowest BCUT2D eigenvalue weighted by molar-refractivity contribution is -0.192. The van der Waals surface area contributed by atoms with Crippen LogP contribution in [0, 0.1) is 5.82 Å². The maximum absolute atomic E-state index is 13.9. The average Bonchev–Trinajstić information content (AvgIpc) is 3.46. The molecule has 178 valence electrons. The van der Waals surface area contributed by atoms with Crippen molar-refractivity contribution in [3.05, 3.63) is 59.9 Å². The molecule has 1 atom stereocenters. The summed E-state index contributed by atoms with van der Waals surface area (Å²) in [6.07, 6.45) is -0.358. The van der Waals surface area contributed by atoms with Gasteiger partial charge in [-0.2, -0.15) is 13.2 Å². The monoisotopic (exact) mass is 466 g/mol. The molecule has 0 aromatic heterocycles. The van der Waals surface area contributed by atoms with Gasteiger partial charge in [-0.25, -0.2) is 9.18 Å². The maximum atomic E-state index is 13.9. The number of hydrogen-bond acceptors (Lipinski definition) is 3. The second kappa shape index (κ2) is 10.8. The van der Waals surface area contributed by atoms with E-state index < -0.39 is 12.1 Å². The molecule has 2 heterocycles. The van der Waals surface area contributed by atoms with E-state index in [4.69, 9.17) is 9.90 Å². The Labute approximate surface area is 189 Å². The molecule has 33 heavy (non-hydrogen) atoms. The molecule has 0 aliphatic carbocycles. The number of rotatable bonds is 4. The zero-order valence-electron chi connectivity index (χ0n) is 18.0. The lowest BCUT2D eigenvalue weighted by atomic mass is 10.0. The first-order valence-electron chi connectivity index (χ1n) is 10.8. The standard InChI is InChI=1S/C22H25FN2O.C2HF3O2/c23-21-8-2-1-7-20(21)17-9-11-18(12-10-17)22(26)25-15-5-6-19(25)16-24-13-3-4-14-24;3-2(4,5)1(6)7/h1-2,7-12,19H,3-6,13-16H2;(H,6,7). The number of carbonyl (C=O) groups excluding carboxylic acids is 1. The first-order valence-corrected chi connectivity index (χ1v) is 10.8. The summed E-state index contributed by atoms with van der Waals surface area (Å²) in [5.41, 5.74) is 2.06. The van der Waals surface area contributed by atoms with E-state index in [1.165, 1.54) is 18.9 Å². The Morgan fingerprint density at radius 3 is 2.12 bits per heavy atom. The van der Waals surface area contributed by atoms with Gasteiger partial charge in [0.15, 0.2) is 0 Å². The van der Waals surface area contributed by atoms with Crippen LogP contribution in [0.1, 0.15) is 36.0 Å². The van der Waals surface area contributed by atoms with Gasteiger partial charge >= 0.3 is 12.1 Å². The van der Waals surface area contributed by atoms with Crippen LogP contribution in [0.15, 0.2) is 48.5 Å². The Hall–Kier alpha value is -2.94. The summed E-state index contributed by atoms with van der Waals surface area (Å²) in [5.74, 6) is -2.89. The molecule has 0 bridgehead atoms. The van der Waals surface area contributed by atoms with Crippen molar-refractivity contribution in [2.45, 2.75) is 37.9 Å². The number of carbonyl (C=O) groups is 2. The minimum atomic E-state index is -5.08. The normalized spacial score (nSPS) is 18.7. The summed E-state index contributed by atoms with van der Waals surface area (Å²) >= 11 is 0. The molecule has 1 unspecified atom stereocenters. The highest BCUT2D eigenvalue weighted by atomic mass is 19.4. The summed E-state index contributed by atoms with van der Waals surface area (Å²) in [5, 5.41) is 7.12. The van der Waals surface area contributed by atoms with Crippen LogP contribution in [0.3, 0.4) is 0 Å². The predicted octanol–water partition coefficient (Wildman–Crippen LogP) is 4.83. The van der Waals surface area contributed by atoms with Gasteiger partial charge in [0.2, 0.25) is 0 Å². The number of carboxylic acids is 1. The van der Waals surface area contributed by atoms with Crippen LogP contribution < -0.4 is 0 Å². The molecule has 2 aliphatic heterocycles. The SMILES string of the molecule is O=C(O)C(F)(F)F.O=C(c1ccc(-c2ccccc2F)cc1)N1CCCC1CN1CCCC1. The number of aliphatic carboxylic acids is 1. The molecule has 5 nitrogen and oxygen atoms in total. The van der Waals surface area contributed by atoms with Crippen LogP contribution in [-0.4, -0.2) is 65.2 Å². The molecule has 4 rings (SSSR count). The zero-order valence-corrected chi connectivity index (χ0v) is 18.0. The molecule has 2 aliphatic rings. The second-order valence-electron chi connectivity index (χ2n) is 8.16.